The molecule has 0 spiro atoms. The van der Waals surface area contributed by atoms with Gasteiger partial charge in [-0.05, 0) is 67.6 Å². The molecule has 2 aromatic heterocycles. The van der Waals surface area contributed by atoms with Crippen molar-refractivity contribution in [3.8, 4) is 5.69 Å². The second-order valence-electron chi connectivity index (χ2n) is 8.73. The molecule has 1 saturated heterocycles. The van der Waals surface area contributed by atoms with Gasteiger partial charge in [-0.15, -0.1) is 16.4 Å². The van der Waals surface area contributed by atoms with Crippen molar-refractivity contribution in [3.05, 3.63) is 92.4 Å². The number of hydrogen-bond acceptors (Lipinski definition) is 8. The first-order chi connectivity index (χ1) is 17.9. The van der Waals surface area contributed by atoms with Crippen molar-refractivity contribution >= 4 is 38.5 Å². The summed E-state index contributed by atoms with van der Waals surface area (Å²) in [5, 5.41) is 11.4. The summed E-state index contributed by atoms with van der Waals surface area (Å²) in [6.07, 6.45) is 2.79. The van der Waals surface area contributed by atoms with Gasteiger partial charge in [-0.25, -0.2) is 13.1 Å². The van der Waals surface area contributed by atoms with Crippen LogP contribution in [-0.4, -0.2) is 41.4 Å². The number of aromatic nitrogens is 2. The molecule has 1 aliphatic heterocycles. The Hall–Kier alpha value is -3.12. The highest BCUT2D eigenvalue weighted by Crippen LogP contribution is 2.22. The van der Waals surface area contributed by atoms with Crippen LogP contribution in [0.1, 0.15) is 52.5 Å². The highest BCUT2D eigenvalue weighted by atomic mass is 32.2. The van der Waals surface area contributed by atoms with Crippen molar-refractivity contribution in [1.29, 1.82) is 0 Å². The van der Waals surface area contributed by atoms with Gasteiger partial charge in [-0.2, -0.15) is 9.40 Å². The molecule has 1 aliphatic rings. The summed E-state index contributed by atoms with van der Waals surface area (Å²) < 4.78 is 29.1. The number of sulfonamides is 1. The minimum atomic E-state index is -3.56. The fourth-order valence-electron chi connectivity index (χ4n) is 4.09. The third-order valence-electron chi connectivity index (χ3n) is 6.15. The predicted octanol–water partition coefficient (Wildman–Crippen LogP) is 4.57. The molecule has 192 valence electrons. The maximum absolute atomic E-state index is 13.3. The van der Waals surface area contributed by atoms with E-state index >= 15 is 0 Å². The topological polar surface area (TPSA) is 96.7 Å². The molecule has 3 heterocycles. The monoisotopic (exact) mass is 553 g/mol. The SMILES string of the molecule is CC(N/N=c1/sc(C(=O)c2ccc(S(=O)(=O)N3CCCCC3)cc2)nn1-c1ccccc1)c1cccs1. The summed E-state index contributed by atoms with van der Waals surface area (Å²) in [6, 6.07) is 19.7. The van der Waals surface area contributed by atoms with E-state index < -0.39 is 10.0 Å². The number of para-hydroxylation sites is 1. The fourth-order valence-corrected chi connectivity index (χ4v) is 7.17. The summed E-state index contributed by atoms with van der Waals surface area (Å²) in [4.78, 5) is 15.2. The molecule has 1 unspecified atom stereocenters. The highest BCUT2D eigenvalue weighted by Gasteiger charge is 2.26. The third kappa shape index (κ3) is 5.59. The Labute approximate surface area is 224 Å². The van der Waals surface area contributed by atoms with E-state index in [2.05, 4.69) is 15.6 Å². The van der Waals surface area contributed by atoms with Crippen LogP contribution in [-0.2, 0) is 10.0 Å². The summed E-state index contributed by atoms with van der Waals surface area (Å²) in [5.74, 6) is -0.288. The van der Waals surface area contributed by atoms with Crippen molar-refractivity contribution in [2.45, 2.75) is 37.1 Å². The predicted molar refractivity (Wildman–Crippen MR) is 145 cm³/mol. The van der Waals surface area contributed by atoms with Gasteiger partial charge >= 0.3 is 0 Å². The highest BCUT2D eigenvalue weighted by molar-refractivity contribution is 7.89. The number of benzene rings is 2. The van der Waals surface area contributed by atoms with E-state index in [-0.39, 0.29) is 21.7 Å². The smallest absolute Gasteiger partial charge is 0.243 e. The van der Waals surface area contributed by atoms with Crippen LogP contribution in [0.15, 0.2) is 82.1 Å². The summed E-state index contributed by atoms with van der Waals surface area (Å²) in [6.45, 7) is 3.09. The molecule has 5 rings (SSSR count). The quantitative estimate of drug-likeness (QED) is 0.255. The van der Waals surface area contributed by atoms with Gasteiger partial charge in [0.15, 0.2) is 5.01 Å². The van der Waals surface area contributed by atoms with Crippen LogP contribution in [0.2, 0.25) is 0 Å². The molecule has 0 radical (unpaired) electrons. The van der Waals surface area contributed by atoms with Crippen LogP contribution in [0.5, 0.6) is 0 Å². The zero-order valence-electron chi connectivity index (χ0n) is 20.3. The van der Waals surface area contributed by atoms with E-state index in [1.165, 1.54) is 27.8 Å². The number of thiophene rings is 1. The Balaban J connectivity index is 1.43. The molecular formula is C26H27N5O3S3. The van der Waals surface area contributed by atoms with E-state index in [0.29, 0.717) is 23.5 Å². The van der Waals surface area contributed by atoms with Gasteiger partial charge in [0.2, 0.25) is 20.6 Å². The van der Waals surface area contributed by atoms with Crippen molar-refractivity contribution in [2.75, 3.05) is 13.1 Å². The van der Waals surface area contributed by atoms with Crippen molar-refractivity contribution in [1.82, 2.24) is 19.5 Å². The minimum Gasteiger partial charge on any atom is -0.299 e. The average molecular weight is 554 g/mol. The number of piperidine rings is 1. The van der Waals surface area contributed by atoms with Crippen LogP contribution in [0.4, 0.5) is 0 Å². The van der Waals surface area contributed by atoms with Crippen LogP contribution in [0, 0.1) is 0 Å². The van der Waals surface area contributed by atoms with Gasteiger partial charge in [0.05, 0.1) is 16.6 Å². The zero-order valence-corrected chi connectivity index (χ0v) is 22.7. The van der Waals surface area contributed by atoms with E-state index in [1.54, 1.807) is 28.2 Å². The lowest BCUT2D eigenvalue weighted by Gasteiger charge is -2.25. The number of carbonyl (C=O) groups is 1. The number of carbonyl (C=O) groups excluding carboxylic acids is 1. The number of rotatable bonds is 8. The Morgan fingerprint density at radius 1 is 1.00 bits per heavy atom. The van der Waals surface area contributed by atoms with Crippen molar-refractivity contribution in [2.24, 2.45) is 5.10 Å². The van der Waals surface area contributed by atoms with Gasteiger partial charge in [-0.3, -0.25) is 10.2 Å². The Morgan fingerprint density at radius 2 is 1.73 bits per heavy atom. The fraction of sp³-hybridized carbons (Fsp3) is 0.269. The first-order valence-corrected chi connectivity index (χ1v) is 15.2. The first kappa shape index (κ1) is 25.5. The van der Waals surface area contributed by atoms with Gasteiger partial charge < -0.3 is 0 Å². The lowest BCUT2D eigenvalue weighted by atomic mass is 10.1. The van der Waals surface area contributed by atoms with Crippen LogP contribution in [0.25, 0.3) is 5.69 Å². The van der Waals surface area contributed by atoms with Gasteiger partial charge in [0, 0.05) is 23.5 Å². The van der Waals surface area contributed by atoms with Crippen molar-refractivity contribution in [3.63, 3.8) is 0 Å². The third-order valence-corrected chi connectivity index (χ3v) is 10.0. The second kappa shape index (κ2) is 11.1. The normalized spacial score (nSPS) is 16.0. The number of nitrogens with zero attached hydrogens (tertiary/aromatic N) is 4. The van der Waals surface area contributed by atoms with E-state index in [1.807, 2.05) is 54.8 Å². The summed E-state index contributed by atoms with van der Waals surface area (Å²) in [7, 11) is -3.56. The second-order valence-corrected chi connectivity index (χ2v) is 12.6. The summed E-state index contributed by atoms with van der Waals surface area (Å²) >= 11 is 2.82. The van der Waals surface area contributed by atoms with Gasteiger partial charge in [-0.1, -0.05) is 42.0 Å². The van der Waals surface area contributed by atoms with Crippen LogP contribution < -0.4 is 10.2 Å². The lowest BCUT2D eigenvalue weighted by molar-refractivity contribution is 0.103. The molecule has 37 heavy (non-hydrogen) atoms. The standard InChI is InChI=1S/C26H27N5O3S3/c1-19(23-11-8-18-35-23)27-28-26-31(21-9-4-2-5-10-21)29-25(36-26)24(32)20-12-14-22(15-13-20)37(33,34)30-16-6-3-7-17-30/h2,4-5,8-15,18-19,27H,3,6-7,16-17H2,1H3/b28-26+. The first-order valence-electron chi connectivity index (χ1n) is 12.1. The number of hydrogen-bond donors (Lipinski definition) is 1. The Bertz CT molecular complexity index is 1520. The molecule has 0 amide bonds. The molecule has 8 nitrogen and oxygen atoms in total. The Morgan fingerprint density at radius 3 is 2.41 bits per heavy atom. The molecular weight excluding hydrogens is 527 g/mol. The van der Waals surface area contributed by atoms with Gasteiger partial charge in [0.1, 0.15) is 0 Å². The van der Waals surface area contributed by atoms with E-state index in [9.17, 15) is 13.2 Å². The van der Waals surface area contributed by atoms with Gasteiger partial charge in [0.25, 0.3) is 0 Å². The van der Waals surface area contributed by atoms with E-state index in [4.69, 9.17) is 0 Å². The minimum absolute atomic E-state index is 0.000118. The van der Waals surface area contributed by atoms with Crippen molar-refractivity contribution < 1.29 is 13.2 Å². The molecule has 11 heteroatoms. The maximum Gasteiger partial charge on any atom is 0.243 e. The molecule has 1 N–H and O–H groups in total. The van der Waals surface area contributed by atoms with E-state index in [0.717, 1.165) is 29.8 Å². The molecule has 1 fully saturated rings. The lowest BCUT2D eigenvalue weighted by Crippen LogP contribution is -2.35. The molecule has 0 bridgehead atoms. The molecule has 2 aromatic carbocycles. The zero-order chi connectivity index (χ0) is 25.8. The largest absolute Gasteiger partial charge is 0.299 e. The maximum atomic E-state index is 13.3. The molecule has 4 aromatic rings. The van der Waals surface area contributed by atoms with Crippen LogP contribution in [0.3, 0.4) is 0 Å². The molecule has 0 saturated carbocycles. The van der Waals surface area contributed by atoms with Crippen LogP contribution >= 0.6 is 22.7 Å². The Kier molecular flexibility index (Phi) is 7.65. The number of nitrogens with one attached hydrogen (secondary N) is 1. The summed E-state index contributed by atoms with van der Waals surface area (Å²) in [5.41, 5.74) is 4.32. The number of ketones is 1. The molecule has 0 aliphatic carbocycles. The molecule has 1 atom stereocenters. The average Bonchev–Trinajstić information content (AvgIpc) is 3.63.